The van der Waals surface area contributed by atoms with Crippen molar-refractivity contribution >= 4 is 5.91 Å². The molecule has 2 saturated carbocycles. The van der Waals surface area contributed by atoms with Crippen LogP contribution in [0.25, 0.3) is 0 Å². The van der Waals surface area contributed by atoms with Gasteiger partial charge in [0.15, 0.2) is 0 Å². The summed E-state index contributed by atoms with van der Waals surface area (Å²) in [6.07, 6.45) is 8.76. The van der Waals surface area contributed by atoms with Crippen LogP contribution in [-0.2, 0) is 11.2 Å². The van der Waals surface area contributed by atoms with E-state index < -0.39 is 0 Å². The number of nitrogens with zero attached hydrogens (tertiary/aromatic N) is 1. The summed E-state index contributed by atoms with van der Waals surface area (Å²) >= 11 is 0. The Kier molecular flexibility index (Phi) is 4.37. The molecule has 21 heavy (non-hydrogen) atoms. The van der Waals surface area contributed by atoms with Crippen LogP contribution >= 0.6 is 0 Å². The molecule has 2 atom stereocenters. The van der Waals surface area contributed by atoms with E-state index in [2.05, 4.69) is 13.0 Å². The lowest BCUT2D eigenvalue weighted by Gasteiger charge is -2.31. The Hall–Kier alpha value is -1.25. The summed E-state index contributed by atoms with van der Waals surface area (Å²) in [5.74, 6) is 3.74. The Morgan fingerprint density at radius 1 is 1.29 bits per heavy atom. The second-order valence-corrected chi connectivity index (χ2v) is 6.92. The van der Waals surface area contributed by atoms with Gasteiger partial charge in [-0.2, -0.15) is 0 Å². The molecule has 1 aromatic rings. The van der Waals surface area contributed by atoms with Gasteiger partial charge in [-0.1, -0.05) is 26.2 Å². The molecule has 3 rings (SSSR count). The number of amides is 1. The molecule has 2 aliphatic rings. The van der Waals surface area contributed by atoms with Crippen molar-refractivity contribution in [3.05, 3.63) is 23.7 Å². The largest absolute Gasteiger partial charge is 0.466 e. The highest BCUT2D eigenvalue weighted by Gasteiger charge is 2.36. The van der Waals surface area contributed by atoms with Gasteiger partial charge in [-0.25, -0.2) is 0 Å². The highest BCUT2D eigenvalue weighted by atomic mass is 16.3. The zero-order valence-electron chi connectivity index (χ0n) is 13.3. The van der Waals surface area contributed by atoms with Crippen LogP contribution in [0.5, 0.6) is 0 Å². The molecule has 3 heteroatoms. The second kappa shape index (κ2) is 6.25. The molecular formula is C18H27NO2. The third-order valence-corrected chi connectivity index (χ3v) is 5.26. The van der Waals surface area contributed by atoms with Crippen molar-refractivity contribution in [1.82, 2.24) is 4.90 Å². The summed E-state index contributed by atoms with van der Waals surface area (Å²) in [5.41, 5.74) is 0. The van der Waals surface area contributed by atoms with Gasteiger partial charge in [0.1, 0.15) is 11.5 Å². The standard InChI is InChI=1S/C18H27NO2/c1-13-12-16(13)17-10-8-15(21-17)9-11-18(20)19(2)14-6-4-3-5-7-14/h8,10,13-14,16H,3-7,9,11-12H2,1-2H3/t13-,16+/m1/s1. The summed E-state index contributed by atoms with van der Waals surface area (Å²) in [4.78, 5) is 14.3. The first kappa shape index (κ1) is 14.7. The first-order chi connectivity index (χ1) is 10.1. The van der Waals surface area contributed by atoms with Crippen LogP contribution in [0.4, 0.5) is 0 Å². The normalized spacial score (nSPS) is 25.8. The molecular weight excluding hydrogens is 262 g/mol. The molecule has 1 aromatic heterocycles. The van der Waals surface area contributed by atoms with Crippen LogP contribution in [0.15, 0.2) is 16.5 Å². The van der Waals surface area contributed by atoms with Gasteiger partial charge in [-0.3, -0.25) is 4.79 Å². The van der Waals surface area contributed by atoms with E-state index in [1.54, 1.807) is 0 Å². The van der Waals surface area contributed by atoms with Crippen LogP contribution in [0.3, 0.4) is 0 Å². The number of hydrogen-bond donors (Lipinski definition) is 0. The summed E-state index contributed by atoms with van der Waals surface area (Å²) in [6, 6.07) is 4.61. The van der Waals surface area contributed by atoms with Crippen molar-refractivity contribution in [2.75, 3.05) is 7.05 Å². The zero-order chi connectivity index (χ0) is 14.8. The Labute approximate surface area is 127 Å². The van der Waals surface area contributed by atoms with E-state index in [9.17, 15) is 4.79 Å². The molecule has 1 amide bonds. The fourth-order valence-corrected chi connectivity index (χ4v) is 3.53. The Bertz CT molecular complexity index is 487. The third kappa shape index (κ3) is 3.50. The van der Waals surface area contributed by atoms with Gasteiger partial charge in [0, 0.05) is 31.8 Å². The molecule has 2 aliphatic carbocycles. The van der Waals surface area contributed by atoms with E-state index in [4.69, 9.17) is 4.42 Å². The Balaban J connectivity index is 1.47. The fourth-order valence-electron chi connectivity index (χ4n) is 3.53. The van der Waals surface area contributed by atoms with E-state index in [0.29, 0.717) is 18.4 Å². The van der Waals surface area contributed by atoms with E-state index in [1.807, 2.05) is 18.0 Å². The monoisotopic (exact) mass is 289 g/mol. The van der Waals surface area contributed by atoms with Crippen molar-refractivity contribution in [2.24, 2.45) is 5.92 Å². The molecule has 0 radical (unpaired) electrons. The zero-order valence-corrected chi connectivity index (χ0v) is 13.3. The number of hydrogen-bond acceptors (Lipinski definition) is 2. The van der Waals surface area contributed by atoms with Crippen LogP contribution in [0.2, 0.25) is 0 Å². The lowest BCUT2D eigenvalue weighted by Crippen LogP contribution is -2.38. The molecule has 3 nitrogen and oxygen atoms in total. The predicted molar refractivity (Wildman–Crippen MR) is 83.2 cm³/mol. The number of rotatable bonds is 5. The summed E-state index contributed by atoms with van der Waals surface area (Å²) in [6.45, 7) is 2.26. The molecule has 0 saturated heterocycles. The number of aryl methyl sites for hydroxylation is 1. The van der Waals surface area contributed by atoms with Gasteiger partial charge >= 0.3 is 0 Å². The predicted octanol–water partition coefficient (Wildman–Crippen LogP) is 4.13. The maximum Gasteiger partial charge on any atom is 0.223 e. The molecule has 0 bridgehead atoms. The smallest absolute Gasteiger partial charge is 0.223 e. The number of furan rings is 1. The summed E-state index contributed by atoms with van der Waals surface area (Å²) in [7, 11) is 1.97. The van der Waals surface area contributed by atoms with E-state index in [0.717, 1.165) is 23.9 Å². The first-order valence-corrected chi connectivity index (χ1v) is 8.49. The van der Waals surface area contributed by atoms with Gasteiger partial charge in [0.25, 0.3) is 0 Å². The van der Waals surface area contributed by atoms with Crippen LogP contribution < -0.4 is 0 Å². The van der Waals surface area contributed by atoms with Gasteiger partial charge < -0.3 is 9.32 Å². The minimum atomic E-state index is 0.264. The van der Waals surface area contributed by atoms with Crippen molar-refractivity contribution in [2.45, 2.75) is 70.3 Å². The number of carbonyl (C=O) groups excluding carboxylic acids is 1. The maximum absolute atomic E-state index is 12.3. The van der Waals surface area contributed by atoms with E-state index >= 15 is 0 Å². The van der Waals surface area contributed by atoms with Crippen molar-refractivity contribution in [3.8, 4) is 0 Å². The third-order valence-electron chi connectivity index (χ3n) is 5.26. The van der Waals surface area contributed by atoms with Gasteiger partial charge in [0.05, 0.1) is 0 Å². The minimum absolute atomic E-state index is 0.264. The highest BCUT2D eigenvalue weighted by Crippen LogP contribution is 2.47. The maximum atomic E-state index is 12.3. The average molecular weight is 289 g/mol. The lowest BCUT2D eigenvalue weighted by atomic mass is 9.94. The van der Waals surface area contributed by atoms with Gasteiger partial charge in [-0.15, -0.1) is 0 Å². The first-order valence-electron chi connectivity index (χ1n) is 8.49. The lowest BCUT2D eigenvalue weighted by molar-refractivity contribution is -0.132. The summed E-state index contributed by atoms with van der Waals surface area (Å²) < 4.78 is 5.88. The summed E-state index contributed by atoms with van der Waals surface area (Å²) in [5, 5.41) is 0. The Morgan fingerprint density at radius 2 is 2.00 bits per heavy atom. The van der Waals surface area contributed by atoms with Crippen LogP contribution in [0, 0.1) is 5.92 Å². The van der Waals surface area contributed by atoms with Crippen LogP contribution in [-0.4, -0.2) is 23.9 Å². The van der Waals surface area contributed by atoms with Crippen LogP contribution in [0.1, 0.15) is 69.3 Å². The Morgan fingerprint density at radius 3 is 2.67 bits per heavy atom. The molecule has 1 heterocycles. The van der Waals surface area contributed by atoms with E-state index in [1.165, 1.54) is 38.5 Å². The topological polar surface area (TPSA) is 33.5 Å². The molecule has 0 N–H and O–H groups in total. The molecule has 0 aliphatic heterocycles. The molecule has 116 valence electrons. The molecule has 2 fully saturated rings. The second-order valence-electron chi connectivity index (χ2n) is 6.92. The number of carbonyl (C=O) groups is 1. The van der Waals surface area contributed by atoms with Gasteiger partial charge in [0.2, 0.25) is 5.91 Å². The van der Waals surface area contributed by atoms with Crippen molar-refractivity contribution < 1.29 is 9.21 Å². The molecule has 0 unspecified atom stereocenters. The van der Waals surface area contributed by atoms with Crippen molar-refractivity contribution in [3.63, 3.8) is 0 Å². The highest BCUT2D eigenvalue weighted by molar-refractivity contribution is 5.76. The quantitative estimate of drug-likeness (QED) is 0.816. The van der Waals surface area contributed by atoms with E-state index in [-0.39, 0.29) is 5.91 Å². The van der Waals surface area contributed by atoms with Crippen molar-refractivity contribution in [1.29, 1.82) is 0 Å². The average Bonchev–Trinajstić information content (AvgIpc) is 3.06. The minimum Gasteiger partial charge on any atom is -0.466 e. The molecule has 0 spiro atoms. The molecule has 0 aromatic carbocycles. The fraction of sp³-hybridized carbons (Fsp3) is 0.722. The SMILES string of the molecule is C[C@@H]1C[C@@H]1c1ccc(CCC(=O)N(C)C2CCCCC2)o1. The van der Waals surface area contributed by atoms with Gasteiger partial charge in [-0.05, 0) is 37.3 Å².